The van der Waals surface area contributed by atoms with Gasteiger partial charge in [0.2, 0.25) is 0 Å². The second kappa shape index (κ2) is 12.4. The number of nitrogens with zero attached hydrogens (tertiary/aromatic N) is 4. The quantitative estimate of drug-likeness (QED) is 0.219. The van der Waals surface area contributed by atoms with Gasteiger partial charge in [-0.3, -0.25) is 19.2 Å². The number of anilines is 2. The Bertz CT molecular complexity index is 1490. The molecule has 0 unspecified atom stereocenters. The molecule has 0 aliphatic carbocycles. The lowest BCUT2D eigenvalue weighted by atomic mass is 10.1. The highest BCUT2D eigenvalue weighted by molar-refractivity contribution is 9.10. The SMILES string of the molecule is Cc1ccc(S(=O)(=O)N(CC(=O)N/N=C\c2cc([N+](=O)[O-])ccc2N2CCOCC2)c2cccc(Br)c2)cc1. The smallest absolute Gasteiger partial charge is 0.270 e. The molecular weight excluding hydrogens is 590 g/mol. The van der Waals surface area contributed by atoms with Crippen LogP contribution in [0.3, 0.4) is 0 Å². The molecule has 1 amide bonds. The lowest BCUT2D eigenvalue weighted by Crippen LogP contribution is -2.39. The van der Waals surface area contributed by atoms with Crippen molar-refractivity contribution in [1.29, 1.82) is 0 Å². The number of amides is 1. The van der Waals surface area contributed by atoms with Crippen LogP contribution < -0.4 is 14.6 Å². The number of rotatable bonds is 9. The maximum Gasteiger partial charge on any atom is 0.270 e. The van der Waals surface area contributed by atoms with E-state index in [-0.39, 0.29) is 16.3 Å². The number of morpholine rings is 1. The van der Waals surface area contributed by atoms with E-state index >= 15 is 0 Å². The second-order valence-corrected chi connectivity index (χ2v) is 11.5. The normalized spacial score (nSPS) is 13.8. The monoisotopic (exact) mass is 615 g/mol. The number of hydrogen-bond acceptors (Lipinski definition) is 8. The molecule has 1 saturated heterocycles. The van der Waals surface area contributed by atoms with Crippen LogP contribution >= 0.6 is 15.9 Å². The molecule has 0 atom stereocenters. The number of carbonyl (C=O) groups excluding carboxylic acids is 1. The zero-order valence-electron chi connectivity index (χ0n) is 21.0. The van der Waals surface area contributed by atoms with Crippen molar-refractivity contribution in [3.63, 3.8) is 0 Å². The molecule has 3 aromatic rings. The van der Waals surface area contributed by atoms with Gasteiger partial charge in [0.05, 0.1) is 34.9 Å². The summed E-state index contributed by atoms with van der Waals surface area (Å²) in [6, 6.07) is 17.4. The molecular formula is C26H26BrN5O6S. The summed E-state index contributed by atoms with van der Waals surface area (Å²) in [5.41, 5.74) is 4.56. The largest absolute Gasteiger partial charge is 0.378 e. The highest BCUT2D eigenvalue weighted by Crippen LogP contribution is 2.27. The summed E-state index contributed by atoms with van der Waals surface area (Å²) in [7, 11) is -4.09. The van der Waals surface area contributed by atoms with Crippen LogP contribution in [-0.4, -0.2) is 58.3 Å². The van der Waals surface area contributed by atoms with Crippen molar-refractivity contribution in [3.05, 3.63) is 92.4 Å². The molecule has 1 N–H and O–H groups in total. The van der Waals surface area contributed by atoms with E-state index in [2.05, 4.69) is 26.5 Å². The molecule has 4 rings (SSSR count). The first kappa shape index (κ1) is 28.2. The number of hydrazone groups is 1. The Morgan fingerprint density at radius 3 is 2.54 bits per heavy atom. The molecule has 0 saturated carbocycles. The summed E-state index contributed by atoms with van der Waals surface area (Å²) < 4.78 is 34.1. The van der Waals surface area contributed by atoms with Crippen LogP contribution in [0.1, 0.15) is 11.1 Å². The van der Waals surface area contributed by atoms with Gasteiger partial charge in [0, 0.05) is 40.9 Å². The van der Waals surface area contributed by atoms with E-state index in [0.29, 0.717) is 42.0 Å². The zero-order chi connectivity index (χ0) is 28.0. The first-order valence-electron chi connectivity index (χ1n) is 11.9. The number of halogens is 1. The Hall–Kier alpha value is -3.81. The van der Waals surface area contributed by atoms with E-state index in [1.807, 2.05) is 11.8 Å². The molecule has 0 aromatic heterocycles. The number of benzene rings is 3. The average Bonchev–Trinajstić information content (AvgIpc) is 2.92. The van der Waals surface area contributed by atoms with E-state index in [1.54, 1.807) is 42.5 Å². The summed E-state index contributed by atoms with van der Waals surface area (Å²) >= 11 is 3.35. The standard InChI is InChI=1S/C26H26BrN5O6S/c1-19-5-8-24(9-6-19)39(36,37)31(22-4-2-3-21(27)16-22)18-26(33)29-28-17-20-15-23(32(34)35)7-10-25(20)30-11-13-38-14-12-30/h2-10,15-17H,11-14,18H2,1H3,(H,29,33)/b28-17-. The summed E-state index contributed by atoms with van der Waals surface area (Å²) in [5.74, 6) is -0.694. The fourth-order valence-corrected chi connectivity index (χ4v) is 5.77. The topological polar surface area (TPSA) is 134 Å². The van der Waals surface area contributed by atoms with Gasteiger partial charge in [-0.25, -0.2) is 13.8 Å². The molecule has 39 heavy (non-hydrogen) atoms. The van der Waals surface area contributed by atoms with Crippen LogP contribution in [0.2, 0.25) is 0 Å². The number of non-ortho nitro benzene ring substituents is 1. The number of hydrogen-bond donors (Lipinski definition) is 1. The lowest BCUT2D eigenvalue weighted by molar-refractivity contribution is -0.384. The molecule has 13 heteroatoms. The van der Waals surface area contributed by atoms with Crippen molar-refractivity contribution in [2.24, 2.45) is 5.10 Å². The summed E-state index contributed by atoms with van der Waals surface area (Å²) in [5, 5.41) is 15.3. The maximum atomic E-state index is 13.5. The van der Waals surface area contributed by atoms with E-state index in [9.17, 15) is 23.3 Å². The van der Waals surface area contributed by atoms with Crippen LogP contribution in [-0.2, 0) is 19.6 Å². The molecule has 0 spiro atoms. The van der Waals surface area contributed by atoms with E-state index in [4.69, 9.17) is 4.74 Å². The number of sulfonamides is 1. The fourth-order valence-electron chi connectivity index (χ4n) is 3.97. The van der Waals surface area contributed by atoms with Crippen LogP contribution in [0, 0.1) is 17.0 Å². The van der Waals surface area contributed by atoms with Crippen molar-refractivity contribution in [2.45, 2.75) is 11.8 Å². The van der Waals surface area contributed by atoms with Gasteiger partial charge in [-0.2, -0.15) is 5.10 Å². The minimum Gasteiger partial charge on any atom is -0.378 e. The Kier molecular flexibility index (Phi) is 8.94. The fraction of sp³-hybridized carbons (Fsp3) is 0.231. The van der Waals surface area contributed by atoms with E-state index in [1.165, 1.54) is 30.5 Å². The highest BCUT2D eigenvalue weighted by Gasteiger charge is 2.27. The van der Waals surface area contributed by atoms with Gasteiger partial charge in [-0.1, -0.05) is 39.7 Å². The number of nitro groups is 1. The van der Waals surface area contributed by atoms with Crippen molar-refractivity contribution in [1.82, 2.24) is 5.43 Å². The van der Waals surface area contributed by atoms with E-state index < -0.39 is 27.4 Å². The third kappa shape index (κ3) is 6.99. The Labute approximate surface area is 234 Å². The highest BCUT2D eigenvalue weighted by atomic mass is 79.9. The molecule has 1 heterocycles. The van der Waals surface area contributed by atoms with Gasteiger partial charge < -0.3 is 9.64 Å². The van der Waals surface area contributed by atoms with Crippen molar-refractivity contribution < 1.29 is 22.9 Å². The third-order valence-electron chi connectivity index (χ3n) is 5.96. The van der Waals surface area contributed by atoms with Crippen LogP contribution in [0.5, 0.6) is 0 Å². The van der Waals surface area contributed by atoms with Crippen molar-refractivity contribution >= 4 is 55.1 Å². The minimum absolute atomic E-state index is 0.0381. The summed E-state index contributed by atoms with van der Waals surface area (Å²) in [4.78, 5) is 25.8. The Morgan fingerprint density at radius 2 is 1.87 bits per heavy atom. The van der Waals surface area contributed by atoms with Gasteiger partial charge in [0.1, 0.15) is 6.54 Å². The molecule has 0 radical (unpaired) electrons. The van der Waals surface area contributed by atoms with Gasteiger partial charge in [0.25, 0.3) is 21.6 Å². The molecule has 0 bridgehead atoms. The second-order valence-electron chi connectivity index (χ2n) is 8.70. The first-order valence-corrected chi connectivity index (χ1v) is 14.2. The Balaban J connectivity index is 1.57. The van der Waals surface area contributed by atoms with Gasteiger partial charge in [-0.05, 0) is 43.3 Å². The molecule has 11 nitrogen and oxygen atoms in total. The number of nitrogens with one attached hydrogen (secondary N) is 1. The van der Waals surface area contributed by atoms with Crippen molar-refractivity contribution in [2.75, 3.05) is 42.1 Å². The first-order chi connectivity index (χ1) is 18.6. The van der Waals surface area contributed by atoms with Gasteiger partial charge in [-0.15, -0.1) is 0 Å². The summed E-state index contributed by atoms with van der Waals surface area (Å²) in [6.45, 7) is 3.54. The number of carbonyl (C=O) groups is 1. The van der Waals surface area contributed by atoms with Gasteiger partial charge in [0.15, 0.2) is 0 Å². The third-order valence-corrected chi connectivity index (χ3v) is 8.24. The number of ether oxygens (including phenoxy) is 1. The average molecular weight is 616 g/mol. The number of nitro benzene ring substituents is 1. The molecule has 1 fully saturated rings. The van der Waals surface area contributed by atoms with Crippen LogP contribution in [0.25, 0.3) is 0 Å². The number of aryl methyl sites for hydroxylation is 1. The maximum absolute atomic E-state index is 13.5. The molecule has 3 aromatic carbocycles. The Morgan fingerprint density at radius 1 is 1.15 bits per heavy atom. The predicted octanol–water partition coefficient (Wildman–Crippen LogP) is 3.85. The van der Waals surface area contributed by atoms with Crippen molar-refractivity contribution in [3.8, 4) is 0 Å². The van der Waals surface area contributed by atoms with Gasteiger partial charge >= 0.3 is 0 Å². The van der Waals surface area contributed by atoms with E-state index in [0.717, 1.165) is 9.87 Å². The van der Waals surface area contributed by atoms with Crippen LogP contribution in [0.15, 0.2) is 81.2 Å². The zero-order valence-corrected chi connectivity index (χ0v) is 23.4. The minimum atomic E-state index is -4.09. The molecule has 1 aliphatic rings. The predicted molar refractivity (Wildman–Crippen MR) is 152 cm³/mol. The molecule has 1 aliphatic heterocycles. The lowest BCUT2D eigenvalue weighted by Gasteiger charge is -2.29. The summed E-state index contributed by atoms with van der Waals surface area (Å²) in [6.07, 6.45) is 1.31. The van der Waals surface area contributed by atoms with Crippen LogP contribution in [0.4, 0.5) is 17.1 Å². The molecule has 204 valence electrons.